The normalized spacial score (nSPS) is 15.2. The SMILES string of the molecule is CSC(CO)C(C)NC(=O)C(C)NC(=O)c1ccco1. The topological polar surface area (TPSA) is 91.6 Å². The van der Waals surface area contributed by atoms with E-state index in [1.54, 1.807) is 13.0 Å². The van der Waals surface area contributed by atoms with Gasteiger partial charge in [0.05, 0.1) is 12.9 Å². The van der Waals surface area contributed by atoms with Crippen LogP contribution in [0, 0.1) is 0 Å². The van der Waals surface area contributed by atoms with E-state index < -0.39 is 11.9 Å². The predicted octanol–water partition coefficient (Wildman–Crippen LogP) is 0.626. The summed E-state index contributed by atoms with van der Waals surface area (Å²) < 4.78 is 4.95. The Balaban J connectivity index is 2.49. The Morgan fingerprint density at radius 1 is 1.40 bits per heavy atom. The molecule has 0 fully saturated rings. The largest absolute Gasteiger partial charge is 0.459 e. The van der Waals surface area contributed by atoms with E-state index >= 15 is 0 Å². The summed E-state index contributed by atoms with van der Waals surface area (Å²) in [6.45, 7) is 3.39. The molecule has 7 heteroatoms. The first-order valence-corrected chi connectivity index (χ1v) is 7.56. The molecule has 112 valence electrons. The summed E-state index contributed by atoms with van der Waals surface area (Å²) >= 11 is 1.48. The standard InChI is InChI=1S/C13H20N2O4S/c1-8(11(7-16)20-3)14-12(17)9(2)15-13(18)10-5-4-6-19-10/h4-6,8-9,11,16H,7H2,1-3H3,(H,14,17)(H,15,18). The summed E-state index contributed by atoms with van der Waals surface area (Å²) in [5, 5.41) is 14.4. The summed E-state index contributed by atoms with van der Waals surface area (Å²) in [6, 6.07) is 2.26. The Labute approximate surface area is 122 Å². The van der Waals surface area contributed by atoms with E-state index in [2.05, 4.69) is 10.6 Å². The van der Waals surface area contributed by atoms with Crippen LogP contribution >= 0.6 is 11.8 Å². The van der Waals surface area contributed by atoms with Crippen molar-refractivity contribution in [2.45, 2.75) is 31.2 Å². The summed E-state index contributed by atoms with van der Waals surface area (Å²) in [5.74, 6) is -0.575. The summed E-state index contributed by atoms with van der Waals surface area (Å²) in [5.41, 5.74) is 0. The van der Waals surface area contributed by atoms with E-state index in [0.29, 0.717) is 0 Å². The molecule has 6 nitrogen and oxygen atoms in total. The number of hydrogen-bond donors (Lipinski definition) is 3. The van der Waals surface area contributed by atoms with Crippen molar-refractivity contribution in [2.75, 3.05) is 12.9 Å². The molecule has 1 aromatic rings. The van der Waals surface area contributed by atoms with Crippen LogP contribution in [0.25, 0.3) is 0 Å². The maximum absolute atomic E-state index is 11.9. The molecule has 0 bridgehead atoms. The van der Waals surface area contributed by atoms with E-state index in [-0.39, 0.29) is 29.6 Å². The third kappa shape index (κ3) is 4.57. The van der Waals surface area contributed by atoms with Gasteiger partial charge in [0.1, 0.15) is 6.04 Å². The predicted molar refractivity (Wildman–Crippen MR) is 77.6 cm³/mol. The van der Waals surface area contributed by atoms with Crippen LogP contribution in [0.2, 0.25) is 0 Å². The number of carbonyl (C=O) groups excluding carboxylic acids is 2. The molecule has 20 heavy (non-hydrogen) atoms. The lowest BCUT2D eigenvalue weighted by atomic mass is 10.2. The van der Waals surface area contributed by atoms with Crippen molar-refractivity contribution in [3.05, 3.63) is 24.2 Å². The average Bonchev–Trinajstić information content (AvgIpc) is 2.93. The lowest BCUT2D eigenvalue weighted by molar-refractivity contribution is -0.123. The van der Waals surface area contributed by atoms with Crippen molar-refractivity contribution < 1.29 is 19.1 Å². The first-order chi connectivity index (χ1) is 9.49. The highest BCUT2D eigenvalue weighted by Gasteiger charge is 2.22. The number of nitrogens with one attached hydrogen (secondary N) is 2. The summed E-state index contributed by atoms with van der Waals surface area (Å²) in [7, 11) is 0. The molecular weight excluding hydrogens is 280 g/mol. The van der Waals surface area contributed by atoms with Gasteiger partial charge in [0.2, 0.25) is 5.91 Å². The van der Waals surface area contributed by atoms with Gasteiger partial charge < -0.3 is 20.2 Å². The van der Waals surface area contributed by atoms with E-state index in [4.69, 9.17) is 9.52 Å². The van der Waals surface area contributed by atoms with Gasteiger partial charge in [-0.05, 0) is 32.2 Å². The maximum atomic E-state index is 11.9. The van der Waals surface area contributed by atoms with E-state index in [0.717, 1.165) is 0 Å². The minimum Gasteiger partial charge on any atom is -0.459 e. The number of aliphatic hydroxyl groups excluding tert-OH is 1. The number of carbonyl (C=O) groups is 2. The van der Waals surface area contributed by atoms with Crippen LogP contribution in [0.4, 0.5) is 0 Å². The Hall–Kier alpha value is -1.47. The molecule has 0 aromatic carbocycles. The van der Waals surface area contributed by atoms with Crippen LogP contribution in [-0.2, 0) is 4.79 Å². The first-order valence-electron chi connectivity index (χ1n) is 6.28. The van der Waals surface area contributed by atoms with Crippen LogP contribution in [-0.4, -0.2) is 47.1 Å². The van der Waals surface area contributed by atoms with Gasteiger partial charge in [-0.3, -0.25) is 9.59 Å². The van der Waals surface area contributed by atoms with Crippen molar-refractivity contribution in [1.29, 1.82) is 0 Å². The van der Waals surface area contributed by atoms with Gasteiger partial charge in [-0.1, -0.05) is 0 Å². The number of thioether (sulfide) groups is 1. The second kappa shape index (κ2) is 7.96. The molecule has 0 saturated heterocycles. The van der Waals surface area contributed by atoms with Crippen molar-refractivity contribution >= 4 is 23.6 Å². The molecule has 0 aliphatic rings. The number of rotatable bonds is 7. The molecule has 0 radical (unpaired) electrons. The van der Waals surface area contributed by atoms with Crippen molar-refractivity contribution in [3.8, 4) is 0 Å². The van der Waals surface area contributed by atoms with Crippen LogP contribution in [0.5, 0.6) is 0 Å². The molecule has 1 heterocycles. The molecule has 0 saturated carbocycles. The van der Waals surface area contributed by atoms with Crippen molar-refractivity contribution in [3.63, 3.8) is 0 Å². The van der Waals surface area contributed by atoms with E-state index in [1.165, 1.54) is 24.1 Å². The molecule has 0 spiro atoms. The van der Waals surface area contributed by atoms with Gasteiger partial charge in [-0.2, -0.15) is 11.8 Å². The molecule has 0 aliphatic carbocycles. The van der Waals surface area contributed by atoms with Crippen LogP contribution < -0.4 is 10.6 Å². The van der Waals surface area contributed by atoms with Crippen LogP contribution in [0.1, 0.15) is 24.4 Å². The molecule has 2 amide bonds. The highest BCUT2D eigenvalue weighted by Crippen LogP contribution is 2.10. The quantitative estimate of drug-likeness (QED) is 0.687. The van der Waals surface area contributed by atoms with Gasteiger partial charge in [0.25, 0.3) is 5.91 Å². The lowest BCUT2D eigenvalue weighted by Crippen LogP contribution is -2.50. The first kappa shape index (κ1) is 16.6. The highest BCUT2D eigenvalue weighted by atomic mass is 32.2. The molecule has 3 N–H and O–H groups in total. The van der Waals surface area contributed by atoms with Gasteiger partial charge in [-0.25, -0.2) is 0 Å². The van der Waals surface area contributed by atoms with Gasteiger partial charge >= 0.3 is 0 Å². The summed E-state index contributed by atoms with van der Waals surface area (Å²) in [6.07, 6.45) is 3.26. The monoisotopic (exact) mass is 300 g/mol. The Kier molecular flexibility index (Phi) is 6.60. The lowest BCUT2D eigenvalue weighted by Gasteiger charge is -2.23. The van der Waals surface area contributed by atoms with E-state index in [1.807, 2.05) is 13.2 Å². The van der Waals surface area contributed by atoms with E-state index in [9.17, 15) is 9.59 Å². The maximum Gasteiger partial charge on any atom is 0.287 e. The number of hydrogen-bond acceptors (Lipinski definition) is 5. The smallest absolute Gasteiger partial charge is 0.287 e. The Morgan fingerprint density at radius 2 is 2.10 bits per heavy atom. The zero-order valence-corrected chi connectivity index (χ0v) is 12.6. The highest BCUT2D eigenvalue weighted by molar-refractivity contribution is 7.99. The average molecular weight is 300 g/mol. The number of furan rings is 1. The molecule has 1 aromatic heterocycles. The fourth-order valence-corrected chi connectivity index (χ4v) is 2.25. The Bertz CT molecular complexity index is 432. The minimum atomic E-state index is -0.684. The zero-order chi connectivity index (χ0) is 15.1. The molecule has 3 unspecified atom stereocenters. The second-order valence-electron chi connectivity index (χ2n) is 4.43. The third-order valence-corrected chi connectivity index (χ3v) is 4.06. The third-order valence-electron chi connectivity index (χ3n) is 2.90. The summed E-state index contributed by atoms with van der Waals surface area (Å²) in [4.78, 5) is 23.7. The van der Waals surface area contributed by atoms with Gasteiger partial charge in [0, 0.05) is 11.3 Å². The van der Waals surface area contributed by atoms with Gasteiger partial charge in [0.15, 0.2) is 5.76 Å². The second-order valence-corrected chi connectivity index (χ2v) is 5.50. The fraction of sp³-hybridized carbons (Fsp3) is 0.538. The number of amides is 2. The van der Waals surface area contributed by atoms with Crippen molar-refractivity contribution in [2.24, 2.45) is 0 Å². The molecule has 1 rings (SSSR count). The van der Waals surface area contributed by atoms with Crippen molar-refractivity contribution in [1.82, 2.24) is 10.6 Å². The van der Waals surface area contributed by atoms with Crippen LogP contribution in [0.15, 0.2) is 22.8 Å². The molecule has 3 atom stereocenters. The Morgan fingerprint density at radius 3 is 2.60 bits per heavy atom. The zero-order valence-electron chi connectivity index (χ0n) is 11.8. The fourth-order valence-electron chi connectivity index (χ4n) is 1.62. The minimum absolute atomic E-state index is 0.0181. The van der Waals surface area contributed by atoms with Gasteiger partial charge in [-0.15, -0.1) is 0 Å². The molecule has 0 aliphatic heterocycles. The van der Waals surface area contributed by atoms with Crippen LogP contribution in [0.3, 0.4) is 0 Å². The number of aliphatic hydroxyl groups is 1. The molecular formula is C13H20N2O4S.